The van der Waals surface area contributed by atoms with Crippen LogP contribution in [0.4, 0.5) is 4.39 Å². The molecular formula is C18H19FN4O. The number of hydrogen-bond donors (Lipinski definition) is 1. The number of rotatable bonds is 5. The molecule has 5 nitrogen and oxygen atoms in total. The monoisotopic (exact) mass is 326 g/mol. The van der Waals surface area contributed by atoms with Gasteiger partial charge in [0.25, 0.3) is 5.91 Å². The molecule has 1 N–H and O–H groups in total. The van der Waals surface area contributed by atoms with E-state index in [2.05, 4.69) is 29.2 Å². The molecule has 3 aromatic rings. The quantitative estimate of drug-likeness (QED) is 0.782. The molecule has 0 saturated heterocycles. The number of amides is 1. The van der Waals surface area contributed by atoms with Gasteiger partial charge in [-0.15, -0.1) is 0 Å². The maximum Gasteiger partial charge on any atom is 0.256 e. The van der Waals surface area contributed by atoms with Crippen molar-refractivity contribution < 1.29 is 9.18 Å². The zero-order valence-electron chi connectivity index (χ0n) is 13.7. The molecule has 0 atom stereocenters. The molecule has 24 heavy (non-hydrogen) atoms. The lowest BCUT2D eigenvalue weighted by molar-refractivity contribution is 0.0953. The molecule has 2 heterocycles. The predicted octanol–water partition coefficient (Wildman–Crippen LogP) is 3.31. The molecule has 3 rings (SSSR count). The van der Waals surface area contributed by atoms with Crippen LogP contribution < -0.4 is 5.32 Å². The fourth-order valence-corrected chi connectivity index (χ4v) is 2.46. The largest absolute Gasteiger partial charge is 0.352 e. The van der Waals surface area contributed by atoms with E-state index in [1.54, 1.807) is 28.9 Å². The van der Waals surface area contributed by atoms with Gasteiger partial charge in [-0.05, 0) is 42.7 Å². The third kappa shape index (κ3) is 3.27. The molecule has 6 heteroatoms. The summed E-state index contributed by atoms with van der Waals surface area (Å²) in [7, 11) is 0. The van der Waals surface area contributed by atoms with E-state index >= 15 is 0 Å². The molecule has 124 valence electrons. The lowest BCUT2D eigenvalue weighted by atomic mass is 10.1. The molecule has 0 radical (unpaired) electrons. The second-order valence-corrected chi connectivity index (χ2v) is 6.07. The Morgan fingerprint density at radius 2 is 2.00 bits per heavy atom. The minimum absolute atomic E-state index is 0.186. The van der Waals surface area contributed by atoms with E-state index in [1.165, 1.54) is 18.3 Å². The van der Waals surface area contributed by atoms with Crippen LogP contribution >= 0.6 is 0 Å². The highest BCUT2D eigenvalue weighted by Crippen LogP contribution is 2.21. The van der Waals surface area contributed by atoms with E-state index in [-0.39, 0.29) is 11.7 Å². The fourth-order valence-electron chi connectivity index (χ4n) is 2.46. The van der Waals surface area contributed by atoms with E-state index in [0.29, 0.717) is 23.7 Å². The summed E-state index contributed by atoms with van der Waals surface area (Å²) in [6, 6.07) is 7.92. The van der Waals surface area contributed by atoms with E-state index < -0.39 is 0 Å². The molecule has 0 saturated carbocycles. The van der Waals surface area contributed by atoms with E-state index in [4.69, 9.17) is 0 Å². The summed E-state index contributed by atoms with van der Waals surface area (Å²) in [5, 5.41) is 7.17. The molecule has 0 unspecified atom stereocenters. The average Bonchev–Trinajstić information content (AvgIpc) is 2.99. The SMILES string of the molecule is CC(C)CCNC(=O)c1cnn2c(-c3ccc(F)cc3)ccnc12. The van der Waals surface area contributed by atoms with Crippen molar-refractivity contribution in [2.24, 2.45) is 5.92 Å². The first-order valence-electron chi connectivity index (χ1n) is 7.93. The molecule has 0 fully saturated rings. The Morgan fingerprint density at radius 1 is 1.25 bits per heavy atom. The molecule has 0 aliphatic heterocycles. The molecular weight excluding hydrogens is 307 g/mol. The first kappa shape index (κ1) is 16.1. The highest BCUT2D eigenvalue weighted by Gasteiger charge is 2.16. The highest BCUT2D eigenvalue weighted by molar-refractivity contribution is 5.99. The van der Waals surface area contributed by atoms with Crippen LogP contribution in [0.5, 0.6) is 0 Å². The Kier molecular flexibility index (Phi) is 4.55. The molecule has 0 spiro atoms. The Labute approximate surface area is 139 Å². The van der Waals surface area contributed by atoms with Gasteiger partial charge in [-0.1, -0.05) is 13.8 Å². The van der Waals surface area contributed by atoms with Gasteiger partial charge in [0.2, 0.25) is 0 Å². The van der Waals surface area contributed by atoms with Crippen molar-refractivity contribution in [2.75, 3.05) is 6.54 Å². The third-order valence-corrected chi connectivity index (χ3v) is 3.79. The standard InChI is InChI=1S/C18H19FN4O/c1-12(2)7-9-21-18(24)15-11-22-23-16(8-10-20-17(15)23)13-3-5-14(19)6-4-13/h3-6,8,10-12H,7,9H2,1-2H3,(H,21,24). The zero-order chi connectivity index (χ0) is 17.1. The van der Waals surface area contributed by atoms with Crippen LogP contribution in [0.25, 0.3) is 16.9 Å². The average molecular weight is 326 g/mol. The smallest absolute Gasteiger partial charge is 0.256 e. The van der Waals surface area contributed by atoms with E-state index in [0.717, 1.165) is 17.7 Å². The maximum atomic E-state index is 13.1. The molecule has 0 bridgehead atoms. The van der Waals surface area contributed by atoms with Crippen molar-refractivity contribution in [1.29, 1.82) is 0 Å². The zero-order valence-corrected chi connectivity index (χ0v) is 13.7. The number of benzene rings is 1. The van der Waals surface area contributed by atoms with Crippen molar-refractivity contribution in [1.82, 2.24) is 19.9 Å². The summed E-state index contributed by atoms with van der Waals surface area (Å²) < 4.78 is 14.7. The molecule has 2 aromatic heterocycles. The number of fused-ring (bicyclic) bond motifs is 1. The molecule has 0 aliphatic carbocycles. The lowest BCUT2D eigenvalue weighted by Gasteiger charge is -2.07. The highest BCUT2D eigenvalue weighted by atomic mass is 19.1. The van der Waals surface area contributed by atoms with Crippen LogP contribution in [0.1, 0.15) is 30.6 Å². The first-order chi connectivity index (χ1) is 11.6. The van der Waals surface area contributed by atoms with E-state index in [1.807, 2.05) is 0 Å². The van der Waals surface area contributed by atoms with Crippen LogP contribution in [0, 0.1) is 11.7 Å². The Morgan fingerprint density at radius 3 is 2.71 bits per heavy atom. The number of halogens is 1. The normalized spacial score (nSPS) is 11.2. The summed E-state index contributed by atoms with van der Waals surface area (Å²) in [4.78, 5) is 16.6. The predicted molar refractivity (Wildman–Crippen MR) is 90.2 cm³/mol. The summed E-state index contributed by atoms with van der Waals surface area (Å²) in [5.41, 5.74) is 2.47. The van der Waals surface area contributed by atoms with Crippen LogP contribution in [0.15, 0.2) is 42.7 Å². The van der Waals surface area contributed by atoms with Gasteiger partial charge in [0.1, 0.15) is 11.4 Å². The van der Waals surface area contributed by atoms with Crippen molar-refractivity contribution in [2.45, 2.75) is 20.3 Å². The van der Waals surface area contributed by atoms with Gasteiger partial charge < -0.3 is 5.32 Å². The Hall–Kier alpha value is -2.76. The fraction of sp³-hybridized carbons (Fsp3) is 0.278. The van der Waals surface area contributed by atoms with Crippen molar-refractivity contribution in [3.8, 4) is 11.3 Å². The summed E-state index contributed by atoms with van der Waals surface area (Å²) in [6.07, 6.45) is 4.06. The van der Waals surface area contributed by atoms with Gasteiger partial charge >= 0.3 is 0 Å². The van der Waals surface area contributed by atoms with Gasteiger partial charge in [0.05, 0.1) is 11.9 Å². The van der Waals surface area contributed by atoms with Crippen molar-refractivity contribution in [3.05, 3.63) is 54.1 Å². The third-order valence-electron chi connectivity index (χ3n) is 3.79. The number of nitrogens with one attached hydrogen (secondary N) is 1. The maximum absolute atomic E-state index is 13.1. The second kappa shape index (κ2) is 6.78. The number of hydrogen-bond acceptors (Lipinski definition) is 3. The summed E-state index contributed by atoms with van der Waals surface area (Å²) >= 11 is 0. The van der Waals surface area contributed by atoms with E-state index in [9.17, 15) is 9.18 Å². The minimum Gasteiger partial charge on any atom is -0.352 e. The number of aromatic nitrogens is 3. The molecule has 1 amide bonds. The lowest BCUT2D eigenvalue weighted by Crippen LogP contribution is -2.25. The summed E-state index contributed by atoms with van der Waals surface area (Å²) in [6.45, 7) is 4.83. The van der Waals surface area contributed by atoms with Gasteiger partial charge in [-0.25, -0.2) is 13.9 Å². The van der Waals surface area contributed by atoms with Crippen molar-refractivity contribution in [3.63, 3.8) is 0 Å². The topological polar surface area (TPSA) is 59.3 Å². The van der Waals surface area contributed by atoms with Crippen molar-refractivity contribution >= 4 is 11.6 Å². The van der Waals surface area contributed by atoms with Crippen LogP contribution in [-0.4, -0.2) is 27.0 Å². The summed E-state index contributed by atoms with van der Waals surface area (Å²) in [5.74, 6) is 0.0431. The van der Waals surface area contributed by atoms with Gasteiger partial charge in [-0.2, -0.15) is 5.10 Å². The van der Waals surface area contributed by atoms with Crippen LogP contribution in [0.2, 0.25) is 0 Å². The van der Waals surface area contributed by atoms with Gasteiger partial charge in [0, 0.05) is 18.3 Å². The van der Waals surface area contributed by atoms with Crippen LogP contribution in [0.3, 0.4) is 0 Å². The number of carbonyl (C=O) groups excluding carboxylic acids is 1. The molecule has 0 aliphatic rings. The number of carbonyl (C=O) groups is 1. The van der Waals surface area contributed by atoms with Gasteiger partial charge in [0.15, 0.2) is 5.65 Å². The molecule has 1 aromatic carbocycles. The first-order valence-corrected chi connectivity index (χ1v) is 7.93. The minimum atomic E-state index is -0.297. The Bertz CT molecular complexity index is 855. The second-order valence-electron chi connectivity index (χ2n) is 6.07. The Balaban J connectivity index is 1.91. The van der Waals surface area contributed by atoms with Crippen LogP contribution in [-0.2, 0) is 0 Å². The number of nitrogens with zero attached hydrogens (tertiary/aromatic N) is 3. The van der Waals surface area contributed by atoms with Gasteiger partial charge in [-0.3, -0.25) is 4.79 Å².